The molecule has 2 aliphatic heterocycles. The van der Waals surface area contributed by atoms with Crippen molar-refractivity contribution in [2.75, 3.05) is 43.9 Å². The smallest absolute Gasteiger partial charge is 0.133 e. The number of hydrogen-bond donors (Lipinski definition) is 2. The van der Waals surface area contributed by atoms with Crippen LogP contribution in [0.1, 0.15) is 25.0 Å². The average molecular weight is 472 g/mol. The Kier molecular flexibility index (Phi) is 6.24. The number of halogens is 1. The molecule has 3 aromatic rings. The average Bonchev–Trinajstić information content (AvgIpc) is 2.84. The van der Waals surface area contributed by atoms with E-state index in [-0.39, 0.29) is 5.82 Å². The predicted octanol–water partition coefficient (Wildman–Crippen LogP) is 5.03. The minimum absolute atomic E-state index is 0.243. The Hall–Kier alpha value is -3.38. The fourth-order valence-corrected chi connectivity index (χ4v) is 5.35. The van der Waals surface area contributed by atoms with Gasteiger partial charge < -0.3 is 16.0 Å². The molecule has 35 heavy (non-hydrogen) atoms. The van der Waals surface area contributed by atoms with Crippen LogP contribution in [0.2, 0.25) is 0 Å². The van der Waals surface area contributed by atoms with E-state index in [2.05, 4.69) is 59.7 Å². The third-order valence-electron chi connectivity index (χ3n) is 7.49. The van der Waals surface area contributed by atoms with E-state index >= 15 is 4.39 Å². The Morgan fingerprint density at radius 1 is 1.06 bits per heavy atom. The van der Waals surface area contributed by atoms with Crippen LogP contribution in [-0.2, 0) is 6.42 Å². The Morgan fingerprint density at radius 2 is 1.86 bits per heavy atom. The van der Waals surface area contributed by atoms with E-state index in [4.69, 9.17) is 5.73 Å². The van der Waals surface area contributed by atoms with Gasteiger partial charge in [0, 0.05) is 72.1 Å². The lowest BCUT2D eigenvalue weighted by Gasteiger charge is -2.42. The first-order valence-corrected chi connectivity index (χ1v) is 12.4. The summed E-state index contributed by atoms with van der Waals surface area (Å²) in [5, 5.41) is 3.30. The molecule has 0 spiro atoms. The lowest BCUT2D eigenvalue weighted by Crippen LogP contribution is -2.53. The Labute approximate surface area is 207 Å². The van der Waals surface area contributed by atoms with Crippen LogP contribution in [0.4, 0.5) is 15.9 Å². The molecule has 5 nitrogen and oxygen atoms in total. The number of fused-ring (bicyclic) bond motifs is 1. The lowest BCUT2D eigenvalue weighted by atomic mass is 9.93. The number of nitrogen functional groups attached to an aromatic ring is 1. The number of rotatable bonds is 4. The minimum atomic E-state index is -0.243. The number of hydrogen-bond acceptors (Lipinski definition) is 5. The number of benzene rings is 2. The number of pyridine rings is 1. The lowest BCUT2D eigenvalue weighted by molar-refractivity contribution is 0.173. The molecule has 2 aromatic carbocycles. The highest BCUT2D eigenvalue weighted by molar-refractivity contribution is 5.81. The zero-order valence-corrected chi connectivity index (χ0v) is 20.8. The summed E-state index contributed by atoms with van der Waals surface area (Å²) in [5.74, 6) is 0.743. The second kappa shape index (κ2) is 9.34. The van der Waals surface area contributed by atoms with Crippen molar-refractivity contribution < 1.29 is 4.39 Å². The number of anilines is 2. The SMILES string of the molecule is C=C1NCCc2cc(-c3cc(-c4ccc(N5CCN(C)C(C(C)C)C5)cc4F)cnc3N)ccc21. The van der Waals surface area contributed by atoms with Gasteiger partial charge in [0.2, 0.25) is 0 Å². The van der Waals surface area contributed by atoms with E-state index in [0.29, 0.717) is 23.3 Å². The van der Waals surface area contributed by atoms with Crippen LogP contribution < -0.4 is 16.0 Å². The molecule has 0 saturated carbocycles. The molecule has 6 heteroatoms. The Bertz CT molecular complexity index is 1270. The fourth-order valence-electron chi connectivity index (χ4n) is 5.35. The summed E-state index contributed by atoms with van der Waals surface area (Å²) in [4.78, 5) is 9.11. The van der Waals surface area contributed by atoms with Crippen molar-refractivity contribution >= 4 is 17.2 Å². The first kappa shape index (κ1) is 23.4. The molecule has 0 radical (unpaired) electrons. The molecular formula is C29H34FN5. The second-order valence-corrected chi connectivity index (χ2v) is 10.1. The number of nitrogens with one attached hydrogen (secondary N) is 1. The summed E-state index contributed by atoms with van der Waals surface area (Å²) < 4.78 is 15.4. The van der Waals surface area contributed by atoms with E-state index in [1.165, 1.54) is 5.56 Å². The minimum Gasteiger partial charge on any atom is -0.385 e. The highest BCUT2D eigenvalue weighted by Gasteiger charge is 2.27. The Morgan fingerprint density at radius 3 is 2.63 bits per heavy atom. The van der Waals surface area contributed by atoms with Crippen LogP contribution in [0.15, 0.2) is 55.2 Å². The van der Waals surface area contributed by atoms with Gasteiger partial charge in [-0.25, -0.2) is 9.37 Å². The van der Waals surface area contributed by atoms with Crippen molar-refractivity contribution in [3.63, 3.8) is 0 Å². The number of nitrogens with zero attached hydrogens (tertiary/aromatic N) is 3. The second-order valence-electron chi connectivity index (χ2n) is 10.1. The highest BCUT2D eigenvalue weighted by atomic mass is 19.1. The van der Waals surface area contributed by atoms with Crippen molar-refractivity contribution in [3.8, 4) is 22.3 Å². The van der Waals surface area contributed by atoms with Gasteiger partial charge in [-0.1, -0.05) is 38.6 Å². The maximum absolute atomic E-state index is 15.4. The summed E-state index contributed by atoms with van der Waals surface area (Å²) in [7, 11) is 2.17. The molecular weight excluding hydrogens is 437 g/mol. The fraction of sp³-hybridized carbons (Fsp3) is 0.345. The topological polar surface area (TPSA) is 57.4 Å². The van der Waals surface area contributed by atoms with Gasteiger partial charge in [-0.15, -0.1) is 0 Å². The third-order valence-corrected chi connectivity index (χ3v) is 7.49. The molecule has 0 bridgehead atoms. The largest absolute Gasteiger partial charge is 0.385 e. The zero-order valence-electron chi connectivity index (χ0n) is 20.8. The first-order chi connectivity index (χ1) is 16.8. The van der Waals surface area contributed by atoms with Gasteiger partial charge in [0.1, 0.15) is 11.6 Å². The van der Waals surface area contributed by atoms with Gasteiger partial charge in [-0.2, -0.15) is 0 Å². The van der Waals surface area contributed by atoms with Crippen LogP contribution in [0.5, 0.6) is 0 Å². The van der Waals surface area contributed by atoms with Gasteiger partial charge in [-0.3, -0.25) is 4.90 Å². The van der Waals surface area contributed by atoms with Crippen molar-refractivity contribution in [2.24, 2.45) is 5.92 Å². The van der Waals surface area contributed by atoms with Crippen LogP contribution in [-0.4, -0.2) is 49.2 Å². The molecule has 1 atom stereocenters. The molecule has 2 aliphatic rings. The van der Waals surface area contributed by atoms with Crippen LogP contribution in [0.3, 0.4) is 0 Å². The normalized spacial score (nSPS) is 18.5. The van der Waals surface area contributed by atoms with Crippen molar-refractivity contribution in [1.82, 2.24) is 15.2 Å². The Balaban J connectivity index is 1.44. The number of piperazine rings is 1. The molecule has 3 N–H and O–H groups in total. The summed E-state index contributed by atoms with van der Waals surface area (Å²) in [6.07, 6.45) is 2.58. The van der Waals surface area contributed by atoms with Gasteiger partial charge >= 0.3 is 0 Å². The summed E-state index contributed by atoms with van der Waals surface area (Å²) in [6.45, 7) is 12.2. The molecule has 1 fully saturated rings. The van der Waals surface area contributed by atoms with Crippen molar-refractivity contribution in [3.05, 3.63) is 72.2 Å². The zero-order chi connectivity index (χ0) is 24.7. The molecule has 1 aromatic heterocycles. The van der Waals surface area contributed by atoms with Gasteiger partial charge in [-0.05, 0) is 54.8 Å². The van der Waals surface area contributed by atoms with Crippen molar-refractivity contribution in [1.29, 1.82) is 0 Å². The standard InChI is InChI=1S/C29H34FN5/c1-18(2)28-17-35(12-11-34(28)4)23-6-8-25(27(30)15-23)22-14-26(29(31)33-16-22)20-5-7-24-19(3)32-10-9-21(24)13-20/h5-8,13-16,18,28,32H,3,9-12,17H2,1-2,4H3,(H2,31,33). The molecule has 1 unspecified atom stereocenters. The summed E-state index contributed by atoms with van der Waals surface area (Å²) in [5.41, 5.74) is 13.6. The maximum Gasteiger partial charge on any atom is 0.133 e. The highest BCUT2D eigenvalue weighted by Crippen LogP contribution is 2.34. The number of likely N-dealkylation sites (N-methyl/N-ethyl adjacent to an activating group) is 1. The van der Waals surface area contributed by atoms with Crippen molar-refractivity contribution in [2.45, 2.75) is 26.3 Å². The molecule has 5 rings (SSSR count). The number of aromatic nitrogens is 1. The van der Waals surface area contributed by atoms with E-state index in [0.717, 1.165) is 66.2 Å². The van der Waals surface area contributed by atoms with E-state index < -0.39 is 0 Å². The summed E-state index contributed by atoms with van der Waals surface area (Å²) >= 11 is 0. The maximum atomic E-state index is 15.4. The molecule has 0 aliphatic carbocycles. The molecule has 182 valence electrons. The van der Waals surface area contributed by atoms with Gasteiger partial charge in [0.05, 0.1) is 0 Å². The summed E-state index contributed by atoms with van der Waals surface area (Å²) in [6, 6.07) is 14.2. The molecule has 3 heterocycles. The van der Waals surface area contributed by atoms with E-state index in [9.17, 15) is 0 Å². The van der Waals surface area contributed by atoms with Crippen LogP contribution in [0, 0.1) is 11.7 Å². The predicted molar refractivity (Wildman–Crippen MR) is 144 cm³/mol. The van der Waals surface area contributed by atoms with Crippen LogP contribution in [0.25, 0.3) is 28.0 Å². The molecule has 1 saturated heterocycles. The quantitative estimate of drug-likeness (QED) is 0.559. The number of nitrogens with two attached hydrogens (primary N) is 1. The van der Waals surface area contributed by atoms with Gasteiger partial charge in [0.15, 0.2) is 0 Å². The molecule has 0 amide bonds. The van der Waals surface area contributed by atoms with E-state index in [1.54, 1.807) is 12.3 Å². The first-order valence-electron chi connectivity index (χ1n) is 12.4. The van der Waals surface area contributed by atoms with E-state index in [1.807, 2.05) is 24.3 Å². The monoisotopic (exact) mass is 471 g/mol. The van der Waals surface area contributed by atoms with Gasteiger partial charge in [0.25, 0.3) is 0 Å². The third kappa shape index (κ3) is 4.50. The van der Waals surface area contributed by atoms with Crippen LogP contribution >= 0.6 is 0 Å².